The molecule has 0 spiro atoms. The molecule has 0 radical (unpaired) electrons. The minimum Gasteiger partial charge on any atom is -0.363 e. The molecule has 26 heavy (non-hydrogen) atoms. The van der Waals surface area contributed by atoms with Crippen LogP contribution in [0.25, 0.3) is 0 Å². The molecule has 4 nitrogen and oxygen atoms in total. The van der Waals surface area contributed by atoms with E-state index < -0.39 is 17.3 Å². The predicted octanol–water partition coefficient (Wildman–Crippen LogP) is 4.65. The number of carbonyl (C=O) groups excluding carboxylic acids is 1. The minimum atomic E-state index is -1.57. The summed E-state index contributed by atoms with van der Waals surface area (Å²) in [5, 5.41) is 12.0. The average molecular weight is 393 g/mol. The van der Waals surface area contributed by atoms with Crippen LogP contribution in [0.3, 0.4) is 0 Å². The number of ketones is 1. The molecule has 0 bridgehead atoms. The fraction of sp³-hybridized carbons (Fsp3) is 0.350. The zero-order valence-electron chi connectivity index (χ0n) is 14.0. The van der Waals surface area contributed by atoms with Crippen molar-refractivity contribution < 1.29 is 19.7 Å². The first-order valence-corrected chi connectivity index (χ1v) is 9.33. The third-order valence-corrected chi connectivity index (χ3v) is 5.84. The Labute approximate surface area is 161 Å². The number of fused-ring (bicyclic) bond motifs is 1. The molecule has 0 amide bonds. The van der Waals surface area contributed by atoms with Crippen LogP contribution < -0.4 is 0 Å². The summed E-state index contributed by atoms with van der Waals surface area (Å²) >= 11 is 12.1. The molecule has 1 N–H and O–H groups in total. The van der Waals surface area contributed by atoms with E-state index in [4.69, 9.17) is 33.0 Å². The molecule has 1 saturated carbocycles. The molecule has 2 unspecified atom stereocenters. The van der Waals surface area contributed by atoms with Crippen molar-refractivity contribution in [3.05, 3.63) is 69.7 Å². The highest BCUT2D eigenvalue weighted by Crippen LogP contribution is 2.50. The molecule has 2 aromatic rings. The van der Waals surface area contributed by atoms with Crippen molar-refractivity contribution in [3.63, 3.8) is 0 Å². The standard InChI is InChI=1S/C20H18Cl2O4/c21-15-7-3-13(4-8-15)19(14-5-9-16(22)10-6-14)12-17-18(23)2-1-11-20(17,24)26-25-19/h3-10,17,24H,1-2,11-12H2. The molecule has 2 atom stereocenters. The van der Waals surface area contributed by atoms with Crippen LogP contribution in [0.2, 0.25) is 10.0 Å². The second kappa shape index (κ2) is 6.63. The summed E-state index contributed by atoms with van der Waals surface area (Å²) < 4.78 is 0. The summed E-state index contributed by atoms with van der Waals surface area (Å²) in [5.74, 6) is -2.23. The average Bonchev–Trinajstić information content (AvgIpc) is 2.63. The van der Waals surface area contributed by atoms with Gasteiger partial charge in [0.1, 0.15) is 5.78 Å². The predicted molar refractivity (Wildman–Crippen MR) is 97.8 cm³/mol. The van der Waals surface area contributed by atoms with Gasteiger partial charge in [-0.25, -0.2) is 4.89 Å². The Bertz CT molecular complexity index is 773. The van der Waals surface area contributed by atoms with E-state index >= 15 is 0 Å². The molecule has 4 rings (SSSR count). The highest BCUT2D eigenvalue weighted by Gasteiger charge is 2.56. The lowest BCUT2D eigenvalue weighted by Gasteiger charge is -2.48. The largest absolute Gasteiger partial charge is 0.363 e. The molecule has 0 aromatic heterocycles. The first kappa shape index (κ1) is 18.0. The normalized spacial score (nSPS) is 27.8. The van der Waals surface area contributed by atoms with Gasteiger partial charge in [-0.2, -0.15) is 4.89 Å². The summed E-state index contributed by atoms with van der Waals surface area (Å²) in [6, 6.07) is 14.4. The lowest BCUT2D eigenvalue weighted by Crippen LogP contribution is -2.56. The summed E-state index contributed by atoms with van der Waals surface area (Å²) in [6.45, 7) is 0. The molecule has 2 aliphatic rings. The first-order valence-electron chi connectivity index (χ1n) is 8.57. The molecule has 2 aromatic carbocycles. The van der Waals surface area contributed by atoms with Crippen molar-refractivity contribution in [2.45, 2.75) is 37.1 Å². The molecule has 6 heteroatoms. The maximum absolute atomic E-state index is 12.6. The fourth-order valence-electron chi connectivity index (χ4n) is 3.89. The van der Waals surface area contributed by atoms with E-state index in [2.05, 4.69) is 0 Å². The van der Waals surface area contributed by atoms with Gasteiger partial charge in [0.25, 0.3) is 0 Å². The van der Waals surface area contributed by atoms with Crippen molar-refractivity contribution in [1.82, 2.24) is 0 Å². The summed E-state index contributed by atoms with van der Waals surface area (Å²) in [7, 11) is 0. The van der Waals surface area contributed by atoms with E-state index in [1.54, 1.807) is 24.3 Å². The summed E-state index contributed by atoms with van der Waals surface area (Å²) in [5.41, 5.74) is 0.563. The molecule has 1 aliphatic carbocycles. The van der Waals surface area contributed by atoms with Crippen LogP contribution in [-0.2, 0) is 20.2 Å². The first-order chi connectivity index (χ1) is 12.4. The Hall–Kier alpha value is -1.43. The van der Waals surface area contributed by atoms with Crippen LogP contribution in [0.4, 0.5) is 0 Å². The highest BCUT2D eigenvalue weighted by molar-refractivity contribution is 6.30. The van der Waals surface area contributed by atoms with E-state index in [0.717, 1.165) is 11.1 Å². The van der Waals surface area contributed by atoms with Gasteiger partial charge in [-0.15, -0.1) is 0 Å². The van der Waals surface area contributed by atoms with Gasteiger partial charge in [-0.05, 0) is 41.8 Å². The van der Waals surface area contributed by atoms with Crippen LogP contribution >= 0.6 is 23.2 Å². The van der Waals surface area contributed by atoms with Gasteiger partial charge >= 0.3 is 0 Å². The van der Waals surface area contributed by atoms with Crippen molar-refractivity contribution >= 4 is 29.0 Å². The van der Waals surface area contributed by atoms with Crippen molar-refractivity contribution in [2.75, 3.05) is 0 Å². The highest BCUT2D eigenvalue weighted by atomic mass is 35.5. The van der Waals surface area contributed by atoms with Gasteiger partial charge in [0.05, 0.1) is 5.92 Å². The van der Waals surface area contributed by atoms with Crippen molar-refractivity contribution in [2.24, 2.45) is 5.92 Å². The van der Waals surface area contributed by atoms with Crippen LogP contribution in [0.1, 0.15) is 36.8 Å². The lowest BCUT2D eigenvalue weighted by atomic mass is 9.71. The monoisotopic (exact) mass is 392 g/mol. The third kappa shape index (κ3) is 2.96. The molecule has 1 heterocycles. The topological polar surface area (TPSA) is 55.8 Å². The minimum absolute atomic E-state index is 0.00523. The van der Waals surface area contributed by atoms with E-state index in [0.29, 0.717) is 29.3 Å². The Morgan fingerprint density at radius 2 is 1.46 bits per heavy atom. The number of benzene rings is 2. The lowest BCUT2D eigenvalue weighted by molar-refractivity contribution is -0.496. The van der Waals surface area contributed by atoms with Crippen molar-refractivity contribution in [3.8, 4) is 0 Å². The van der Waals surface area contributed by atoms with Gasteiger partial charge in [0, 0.05) is 29.3 Å². The van der Waals surface area contributed by atoms with Crippen LogP contribution in [-0.4, -0.2) is 16.7 Å². The maximum atomic E-state index is 12.6. The number of rotatable bonds is 2. The Balaban J connectivity index is 1.83. The zero-order valence-corrected chi connectivity index (χ0v) is 15.5. The summed E-state index contributed by atoms with van der Waals surface area (Å²) in [4.78, 5) is 23.9. The Morgan fingerprint density at radius 3 is 2.00 bits per heavy atom. The van der Waals surface area contributed by atoms with Crippen molar-refractivity contribution in [1.29, 1.82) is 0 Å². The van der Waals surface area contributed by atoms with E-state index in [1.165, 1.54) is 0 Å². The molecule has 1 saturated heterocycles. The van der Waals surface area contributed by atoms with Crippen LogP contribution in [0, 0.1) is 5.92 Å². The molecular weight excluding hydrogens is 375 g/mol. The van der Waals surface area contributed by atoms with Gasteiger partial charge in [-0.3, -0.25) is 4.79 Å². The number of hydrogen-bond donors (Lipinski definition) is 1. The Morgan fingerprint density at radius 1 is 0.923 bits per heavy atom. The molecule has 136 valence electrons. The SMILES string of the molecule is O=C1CCCC2(O)OOC(c3ccc(Cl)cc3)(c3ccc(Cl)cc3)CC12. The number of halogens is 2. The number of carbonyl (C=O) groups is 1. The third-order valence-electron chi connectivity index (χ3n) is 5.33. The van der Waals surface area contributed by atoms with Gasteiger partial charge in [0.15, 0.2) is 5.60 Å². The van der Waals surface area contributed by atoms with Gasteiger partial charge in [-0.1, -0.05) is 47.5 Å². The van der Waals surface area contributed by atoms with Crippen LogP contribution in [0.15, 0.2) is 48.5 Å². The Kier molecular flexibility index (Phi) is 4.58. The second-order valence-electron chi connectivity index (χ2n) is 6.93. The summed E-state index contributed by atoms with van der Waals surface area (Å²) in [6.07, 6.45) is 1.68. The van der Waals surface area contributed by atoms with Crippen LogP contribution in [0.5, 0.6) is 0 Å². The number of Topliss-reactive ketones (excluding diaryl/α,β-unsaturated/α-hetero) is 1. The maximum Gasteiger partial charge on any atom is 0.209 e. The van der Waals surface area contributed by atoms with E-state index in [-0.39, 0.29) is 12.2 Å². The quantitative estimate of drug-likeness (QED) is 0.755. The van der Waals surface area contributed by atoms with E-state index in [1.807, 2.05) is 24.3 Å². The number of hydrogen-bond acceptors (Lipinski definition) is 4. The molecule has 2 fully saturated rings. The van der Waals surface area contributed by atoms with E-state index in [9.17, 15) is 9.90 Å². The molecular formula is C20H18Cl2O4. The fourth-order valence-corrected chi connectivity index (χ4v) is 4.14. The second-order valence-corrected chi connectivity index (χ2v) is 7.80. The number of aliphatic hydroxyl groups is 1. The smallest absolute Gasteiger partial charge is 0.209 e. The zero-order chi connectivity index (χ0) is 18.4. The van der Waals surface area contributed by atoms with Gasteiger partial charge in [0.2, 0.25) is 5.79 Å². The van der Waals surface area contributed by atoms with Gasteiger partial charge < -0.3 is 5.11 Å². The molecule has 1 aliphatic heterocycles.